The van der Waals surface area contributed by atoms with Crippen molar-refractivity contribution in [3.63, 3.8) is 0 Å². The lowest BCUT2D eigenvalue weighted by Crippen LogP contribution is -2.23. The van der Waals surface area contributed by atoms with E-state index in [0.717, 1.165) is 18.2 Å². The Morgan fingerprint density at radius 2 is 1.53 bits per heavy atom. The van der Waals surface area contributed by atoms with Gasteiger partial charge in [-0.15, -0.1) is 0 Å². The highest BCUT2D eigenvalue weighted by Crippen LogP contribution is 2.32. The van der Waals surface area contributed by atoms with Gasteiger partial charge in [0.25, 0.3) is 5.91 Å². The summed E-state index contributed by atoms with van der Waals surface area (Å²) in [6.07, 6.45) is -4.76. The lowest BCUT2D eigenvalue weighted by Gasteiger charge is -2.13. The Morgan fingerprint density at radius 1 is 0.875 bits per heavy atom. The van der Waals surface area contributed by atoms with Crippen molar-refractivity contribution in [1.29, 1.82) is 0 Å². The summed E-state index contributed by atoms with van der Waals surface area (Å²) in [4.78, 5) is 37.2. The van der Waals surface area contributed by atoms with Crippen molar-refractivity contribution in [3.8, 4) is 0 Å². The van der Waals surface area contributed by atoms with Crippen LogP contribution in [-0.2, 0) is 15.7 Å². The quantitative estimate of drug-likeness (QED) is 0.395. The molecule has 164 valence electrons. The van der Waals surface area contributed by atoms with Gasteiger partial charge < -0.3 is 10.1 Å². The predicted octanol–water partition coefficient (Wildman–Crippen LogP) is 5.39. The van der Waals surface area contributed by atoms with Gasteiger partial charge in [-0.25, -0.2) is 4.79 Å². The first-order valence-corrected chi connectivity index (χ1v) is 9.57. The molecule has 3 rings (SSSR count). The predicted molar refractivity (Wildman–Crippen MR) is 112 cm³/mol. The highest BCUT2D eigenvalue weighted by Gasteiger charge is 2.35. The Bertz CT molecular complexity index is 1160. The molecular formula is C23H15ClF3NO4. The molecule has 0 saturated carbocycles. The van der Waals surface area contributed by atoms with Crippen LogP contribution < -0.4 is 5.32 Å². The van der Waals surface area contributed by atoms with Gasteiger partial charge in [0, 0.05) is 16.1 Å². The van der Waals surface area contributed by atoms with Crippen LogP contribution in [0, 0.1) is 0 Å². The number of halogens is 4. The van der Waals surface area contributed by atoms with Crippen molar-refractivity contribution in [2.45, 2.75) is 6.18 Å². The summed E-state index contributed by atoms with van der Waals surface area (Å²) < 4.78 is 43.9. The number of anilines is 1. The highest BCUT2D eigenvalue weighted by molar-refractivity contribution is 6.31. The van der Waals surface area contributed by atoms with Crippen LogP contribution in [-0.4, -0.2) is 24.3 Å². The van der Waals surface area contributed by atoms with E-state index in [0.29, 0.717) is 5.56 Å². The fourth-order valence-electron chi connectivity index (χ4n) is 2.86. The zero-order valence-corrected chi connectivity index (χ0v) is 17.0. The Morgan fingerprint density at radius 3 is 2.22 bits per heavy atom. The van der Waals surface area contributed by atoms with Crippen LogP contribution in [0.2, 0.25) is 5.02 Å². The third-order valence-corrected chi connectivity index (χ3v) is 4.56. The van der Waals surface area contributed by atoms with Crippen LogP contribution in [0.4, 0.5) is 18.9 Å². The van der Waals surface area contributed by atoms with E-state index < -0.39 is 41.6 Å². The molecule has 0 aliphatic heterocycles. The minimum atomic E-state index is -4.76. The Balaban J connectivity index is 1.73. The van der Waals surface area contributed by atoms with Gasteiger partial charge in [0.15, 0.2) is 12.4 Å². The first-order chi connectivity index (χ1) is 15.2. The summed E-state index contributed by atoms with van der Waals surface area (Å²) >= 11 is 5.98. The van der Waals surface area contributed by atoms with Crippen LogP contribution in [0.1, 0.15) is 31.8 Å². The average Bonchev–Trinajstić information content (AvgIpc) is 2.78. The van der Waals surface area contributed by atoms with Crippen molar-refractivity contribution in [3.05, 3.63) is 100 Å². The second-order valence-electron chi connectivity index (χ2n) is 6.55. The smallest absolute Gasteiger partial charge is 0.417 e. The number of ether oxygens (including phenoxy) is 1. The van der Waals surface area contributed by atoms with E-state index in [1.807, 2.05) is 0 Å². The maximum Gasteiger partial charge on any atom is 0.417 e. The third kappa shape index (κ3) is 5.53. The molecule has 0 spiro atoms. The number of hydrogen-bond donors (Lipinski definition) is 1. The van der Waals surface area contributed by atoms with Gasteiger partial charge in [0.2, 0.25) is 0 Å². The lowest BCUT2D eigenvalue weighted by molar-refractivity contribution is -0.138. The molecule has 0 aliphatic carbocycles. The van der Waals surface area contributed by atoms with Crippen LogP contribution in [0.3, 0.4) is 0 Å². The second-order valence-corrected chi connectivity index (χ2v) is 6.99. The lowest BCUT2D eigenvalue weighted by atomic mass is 10.0. The molecule has 0 unspecified atom stereocenters. The van der Waals surface area contributed by atoms with Gasteiger partial charge >= 0.3 is 12.1 Å². The molecule has 0 aliphatic rings. The van der Waals surface area contributed by atoms with Crippen molar-refractivity contribution in [1.82, 2.24) is 0 Å². The maximum atomic E-state index is 13.1. The molecule has 0 fully saturated rings. The number of hydrogen-bond acceptors (Lipinski definition) is 4. The number of alkyl halides is 3. The maximum absolute atomic E-state index is 13.1. The first-order valence-electron chi connectivity index (χ1n) is 9.19. The molecule has 0 heterocycles. The molecule has 0 saturated heterocycles. The minimum Gasteiger partial charge on any atom is -0.452 e. The Kier molecular flexibility index (Phi) is 6.95. The number of amides is 1. The van der Waals surface area contributed by atoms with Gasteiger partial charge in [0.1, 0.15) is 0 Å². The Hall–Kier alpha value is -3.65. The molecule has 9 heteroatoms. The largest absolute Gasteiger partial charge is 0.452 e. The molecule has 1 amide bonds. The number of esters is 1. The van der Waals surface area contributed by atoms with E-state index >= 15 is 0 Å². The van der Waals surface area contributed by atoms with Crippen LogP contribution in [0.5, 0.6) is 0 Å². The SMILES string of the molecule is O=C(COC(=O)c1ccccc1C(F)(F)F)Nc1ccc(Cl)cc1C(=O)c1ccccc1. The Labute approximate surface area is 185 Å². The summed E-state index contributed by atoms with van der Waals surface area (Å²) in [6.45, 7) is -0.855. The van der Waals surface area contributed by atoms with E-state index in [9.17, 15) is 27.6 Å². The summed E-state index contributed by atoms with van der Waals surface area (Å²) in [5.74, 6) is -2.54. The average molecular weight is 462 g/mol. The topological polar surface area (TPSA) is 72.5 Å². The van der Waals surface area contributed by atoms with Gasteiger partial charge in [-0.1, -0.05) is 54.1 Å². The first kappa shape index (κ1) is 23.0. The number of rotatable bonds is 6. The number of carbonyl (C=O) groups excluding carboxylic acids is 3. The van der Waals surface area contributed by atoms with E-state index in [1.165, 1.54) is 24.3 Å². The van der Waals surface area contributed by atoms with Gasteiger partial charge in [-0.3, -0.25) is 9.59 Å². The fourth-order valence-corrected chi connectivity index (χ4v) is 3.03. The molecule has 0 bridgehead atoms. The minimum absolute atomic E-state index is 0.103. The molecule has 0 atom stereocenters. The van der Waals surface area contributed by atoms with E-state index in [4.69, 9.17) is 16.3 Å². The standard InChI is InChI=1S/C23H15ClF3NO4/c24-15-10-11-19(17(12-15)21(30)14-6-2-1-3-7-14)28-20(29)13-32-22(31)16-8-4-5-9-18(16)23(25,26)27/h1-12H,13H2,(H,28,29). The molecule has 0 aromatic heterocycles. The van der Waals surface area contributed by atoms with Gasteiger partial charge in [0.05, 0.1) is 16.8 Å². The van der Waals surface area contributed by atoms with Gasteiger partial charge in [-0.2, -0.15) is 13.2 Å². The van der Waals surface area contributed by atoms with Crippen LogP contribution in [0.25, 0.3) is 0 Å². The molecule has 3 aromatic carbocycles. The fraction of sp³-hybridized carbons (Fsp3) is 0.0870. The molecule has 32 heavy (non-hydrogen) atoms. The summed E-state index contributed by atoms with van der Waals surface area (Å²) in [5, 5.41) is 2.68. The monoisotopic (exact) mass is 461 g/mol. The van der Waals surface area contributed by atoms with Crippen LogP contribution >= 0.6 is 11.6 Å². The number of carbonyl (C=O) groups is 3. The van der Waals surface area contributed by atoms with E-state index in [2.05, 4.69) is 5.32 Å². The van der Waals surface area contributed by atoms with Crippen molar-refractivity contribution in [2.75, 3.05) is 11.9 Å². The van der Waals surface area contributed by atoms with Crippen LogP contribution in [0.15, 0.2) is 72.8 Å². The zero-order chi connectivity index (χ0) is 23.3. The zero-order valence-electron chi connectivity index (χ0n) is 16.3. The van der Waals surface area contributed by atoms with E-state index in [-0.39, 0.29) is 16.3 Å². The number of ketones is 1. The van der Waals surface area contributed by atoms with E-state index in [1.54, 1.807) is 30.3 Å². The molecule has 1 N–H and O–H groups in total. The van der Waals surface area contributed by atoms with Crippen molar-refractivity contribution in [2.24, 2.45) is 0 Å². The molecular weight excluding hydrogens is 447 g/mol. The highest BCUT2D eigenvalue weighted by atomic mass is 35.5. The summed E-state index contributed by atoms with van der Waals surface area (Å²) in [6, 6.07) is 16.6. The number of nitrogens with one attached hydrogen (secondary N) is 1. The van der Waals surface area contributed by atoms with Crippen molar-refractivity contribution < 1.29 is 32.3 Å². The van der Waals surface area contributed by atoms with Crippen molar-refractivity contribution >= 4 is 34.9 Å². The normalized spacial score (nSPS) is 11.0. The summed E-state index contributed by atoms with van der Waals surface area (Å²) in [7, 11) is 0. The van der Waals surface area contributed by atoms with Gasteiger partial charge in [-0.05, 0) is 30.3 Å². The second kappa shape index (κ2) is 9.65. The molecule has 0 radical (unpaired) electrons. The number of benzene rings is 3. The molecule has 5 nitrogen and oxygen atoms in total. The summed E-state index contributed by atoms with van der Waals surface area (Å²) in [5.41, 5.74) is -1.30. The molecule has 3 aromatic rings. The third-order valence-electron chi connectivity index (χ3n) is 4.32.